The van der Waals surface area contributed by atoms with E-state index in [1.54, 1.807) is 0 Å². The molecule has 104 valence electrons. The van der Waals surface area contributed by atoms with E-state index in [1.165, 1.54) is 7.11 Å². The number of methoxy groups -OCH3 is 1. The van der Waals surface area contributed by atoms with Gasteiger partial charge in [-0.1, -0.05) is 13.8 Å². The smallest absolute Gasteiger partial charge is 0.373 e. The maximum atomic E-state index is 12.3. The minimum Gasteiger partial charge on any atom is -0.490 e. The molecule has 4 nitrogen and oxygen atoms in total. The maximum Gasteiger partial charge on any atom is 0.373 e. The molecule has 19 heavy (non-hydrogen) atoms. The van der Waals surface area contributed by atoms with E-state index >= 15 is 0 Å². The Bertz CT molecular complexity index is 488. The number of hydrogen-bond acceptors (Lipinski definition) is 4. The van der Waals surface area contributed by atoms with Gasteiger partial charge < -0.3 is 9.47 Å². The van der Waals surface area contributed by atoms with Crippen LogP contribution in [0.3, 0.4) is 0 Å². The van der Waals surface area contributed by atoms with Crippen LogP contribution in [0.5, 0.6) is 0 Å². The van der Waals surface area contributed by atoms with E-state index in [9.17, 15) is 9.59 Å². The van der Waals surface area contributed by atoms with E-state index in [2.05, 4.69) is 13.8 Å². The van der Waals surface area contributed by atoms with Gasteiger partial charge in [-0.2, -0.15) is 0 Å². The molecular weight excluding hydrogens is 244 g/mol. The van der Waals surface area contributed by atoms with Gasteiger partial charge in [0.1, 0.15) is 12.4 Å². The molecule has 2 fully saturated rings. The summed E-state index contributed by atoms with van der Waals surface area (Å²) in [4.78, 5) is 24.0. The summed E-state index contributed by atoms with van der Waals surface area (Å²) < 4.78 is 10.5. The highest BCUT2D eigenvalue weighted by molar-refractivity contribution is 5.91. The summed E-state index contributed by atoms with van der Waals surface area (Å²) >= 11 is 0. The number of fused-ring (bicyclic) bond motifs is 1. The van der Waals surface area contributed by atoms with Gasteiger partial charge in [0.05, 0.1) is 7.11 Å². The molecule has 1 heterocycles. The van der Waals surface area contributed by atoms with Gasteiger partial charge in [0.25, 0.3) is 0 Å². The molecule has 3 aliphatic rings. The molecule has 0 spiro atoms. The number of Topliss-reactive ketones (excluding diaryl/α,β-unsaturated/α-hetero) is 1. The summed E-state index contributed by atoms with van der Waals surface area (Å²) in [5.74, 6) is 0.271. The van der Waals surface area contributed by atoms with Crippen molar-refractivity contribution in [2.75, 3.05) is 13.7 Å². The second-order valence-corrected chi connectivity index (χ2v) is 6.81. The zero-order valence-electron chi connectivity index (χ0n) is 11.7. The van der Waals surface area contributed by atoms with Gasteiger partial charge in [0.15, 0.2) is 0 Å². The van der Waals surface area contributed by atoms with Crippen LogP contribution in [-0.4, -0.2) is 25.5 Å². The van der Waals surface area contributed by atoms with Gasteiger partial charge in [0.2, 0.25) is 5.76 Å². The van der Waals surface area contributed by atoms with E-state index in [1.807, 2.05) is 0 Å². The number of cyclic esters (lactones) is 1. The highest BCUT2D eigenvalue weighted by atomic mass is 16.6. The summed E-state index contributed by atoms with van der Waals surface area (Å²) in [5.41, 5.74) is 0.818. The molecule has 0 radical (unpaired) electrons. The molecule has 0 saturated heterocycles. The number of carbonyl (C=O) groups excluding carboxylic acids is 2. The monoisotopic (exact) mass is 264 g/mol. The number of rotatable bonds is 2. The molecular formula is C15H20O4. The zero-order chi connectivity index (χ0) is 13.8. The SMILES string of the molecule is COC1=C2CCC2(C2CC(C)(C)CC2=O)COC1=O. The van der Waals surface area contributed by atoms with Crippen molar-refractivity contribution in [1.29, 1.82) is 0 Å². The normalized spacial score (nSPS) is 36.7. The third-order valence-corrected chi connectivity index (χ3v) is 5.01. The van der Waals surface area contributed by atoms with E-state index in [0.29, 0.717) is 24.6 Å². The summed E-state index contributed by atoms with van der Waals surface area (Å²) in [6.45, 7) is 4.62. The lowest BCUT2D eigenvalue weighted by Gasteiger charge is -2.50. The van der Waals surface area contributed by atoms with Crippen LogP contribution in [0.15, 0.2) is 11.3 Å². The lowest BCUT2D eigenvalue weighted by atomic mass is 9.55. The van der Waals surface area contributed by atoms with Crippen LogP contribution in [0.25, 0.3) is 0 Å². The molecule has 2 saturated carbocycles. The Morgan fingerprint density at radius 2 is 2.05 bits per heavy atom. The third-order valence-electron chi connectivity index (χ3n) is 5.01. The molecule has 0 amide bonds. The van der Waals surface area contributed by atoms with Crippen molar-refractivity contribution >= 4 is 11.8 Å². The first-order valence-corrected chi connectivity index (χ1v) is 6.87. The first-order valence-electron chi connectivity index (χ1n) is 6.87. The molecule has 2 atom stereocenters. The Kier molecular flexibility index (Phi) is 2.57. The van der Waals surface area contributed by atoms with Crippen molar-refractivity contribution in [3.8, 4) is 0 Å². The minimum atomic E-state index is -0.377. The van der Waals surface area contributed by atoms with E-state index in [4.69, 9.17) is 9.47 Å². The molecule has 0 aromatic carbocycles. The predicted molar refractivity (Wildman–Crippen MR) is 68.2 cm³/mol. The van der Waals surface area contributed by atoms with Gasteiger partial charge in [-0.25, -0.2) is 4.79 Å². The summed E-state index contributed by atoms with van der Waals surface area (Å²) in [7, 11) is 1.50. The van der Waals surface area contributed by atoms with E-state index < -0.39 is 0 Å². The fourth-order valence-electron chi connectivity index (χ4n) is 3.98. The topological polar surface area (TPSA) is 52.6 Å². The average molecular weight is 264 g/mol. The van der Waals surface area contributed by atoms with Gasteiger partial charge in [-0.05, 0) is 30.3 Å². The number of carbonyl (C=O) groups is 2. The number of hydrogen-bond donors (Lipinski definition) is 0. The van der Waals surface area contributed by atoms with Crippen molar-refractivity contribution in [1.82, 2.24) is 0 Å². The lowest BCUT2D eigenvalue weighted by molar-refractivity contribution is -0.155. The van der Waals surface area contributed by atoms with Crippen LogP contribution in [0.4, 0.5) is 0 Å². The standard InChI is InChI=1S/C15H20O4/c1-14(2)6-10(11(16)7-14)15-5-4-9(15)12(18-3)13(17)19-8-15/h10H,4-8H2,1-3H3. The molecule has 1 aliphatic heterocycles. The van der Waals surface area contributed by atoms with Crippen LogP contribution in [-0.2, 0) is 19.1 Å². The summed E-state index contributed by atoms with van der Waals surface area (Å²) in [5, 5.41) is 0. The Hall–Kier alpha value is -1.32. The number of ketones is 1. The molecule has 4 heteroatoms. The molecule has 0 aromatic rings. The van der Waals surface area contributed by atoms with Gasteiger partial charge >= 0.3 is 5.97 Å². The average Bonchev–Trinajstić information content (AvgIpc) is 2.57. The van der Waals surface area contributed by atoms with E-state index in [0.717, 1.165) is 24.8 Å². The van der Waals surface area contributed by atoms with Crippen LogP contribution < -0.4 is 0 Å². The molecule has 2 unspecified atom stereocenters. The Morgan fingerprint density at radius 3 is 2.53 bits per heavy atom. The first-order chi connectivity index (χ1) is 8.89. The molecule has 3 rings (SSSR count). The second kappa shape index (κ2) is 3.84. The van der Waals surface area contributed by atoms with Crippen molar-refractivity contribution in [3.63, 3.8) is 0 Å². The second-order valence-electron chi connectivity index (χ2n) is 6.81. The molecule has 0 N–H and O–H groups in total. The number of ether oxygens (including phenoxy) is 2. The van der Waals surface area contributed by atoms with Crippen LogP contribution in [0.2, 0.25) is 0 Å². The Labute approximate surface area is 113 Å². The van der Waals surface area contributed by atoms with Gasteiger partial charge in [-0.15, -0.1) is 0 Å². The van der Waals surface area contributed by atoms with Crippen LogP contribution in [0, 0.1) is 16.7 Å². The van der Waals surface area contributed by atoms with Gasteiger partial charge in [0, 0.05) is 17.8 Å². The van der Waals surface area contributed by atoms with Crippen molar-refractivity contribution in [2.45, 2.75) is 39.5 Å². The van der Waals surface area contributed by atoms with Crippen LogP contribution in [0.1, 0.15) is 39.5 Å². The quantitative estimate of drug-likeness (QED) is 0.718. The fourth-order valence-corrected chi connectivity index (χ4v) is 3.98. The van der Waals surface area contributed by atoms with E-state index in [-0.39, 0.29) is 22.7 Å². The highest BCUT2D eigenvalue weighted by Gasteiger charge is 2.59. The largest absolute Gasteiger partial charge is 0.490 e. The lowest BCUT2D eigenvalue weighted by Crippen LogP contribution is -2.50. The first kappa shape index (κ1) is 12.7. The van der Waals surface area contributed by atoms with Gasteiger partial charge in [-0.3, -0.25) is 4.79 Å². The van der Waals surface area contributed by atoms with Crippen LogP contribution >= 0.6 is 0 Å². The summed E-state index contributed by atoms with van der Waals surface area (Å²) in [6, 6.07) is 0. The Morgan fingerprint density at radius 1 is 1.32 bits per heavy atom. The molecule has 0 bridgehead atoms. The number of esters is 1. The zero-order valence-corrected chi connectivity index (χ0v) is 11.7. The predicted octanol–water partition coefficient (Wildman–Crippen LogP) is 2.23. The fraction of sp³-hybridized carbons (Fsp3) is 0.733. The van der Waals surface area contributed by atoms with Crippen molar-refractivity contribution in [3.05, 3.63) is 11.3 Å². The summed E-state index contributed by atoms with van der Waals surface area (Å²) in [6.07, 6.45) is 3.28. The Balaban J connectivity index is 1.99. The third kappa shape index (κ3) is 1.65. The molecule has 2 aliphatic carbocycles. The maximum absolute atomic E-state index is 12.3. The minimum absolute atomic E-state index is 0.00972. The highest BCUT2D eigenvalue weighted by Crippen LogP contribution is 2.60. The van der Waals surface area contributed by atoms with Crippen molar-refractivity contribution < 1.29 is 19.1 Å². The molecule has 0 aromatic heterocycles. The van der Waals surface area contributed by atoms with Crippen molar-refractivity contribution in [2.24, 2.45) is 16.7 Å².